The standard InChI is InChI=1S/C22H20N4OS/c1-15-8-3-6-13-20(15)26-14-23-25-22(26)28-16(2)21(27)24-19-12-7-10-17-9-4-5-11-18(17)19/h3-14,16H,1-2H3,(H,24,27)/t16-/m1/s1. The van der Waals surface area contributed by atoms with Gasteiger partial charge in [0.2, 0.25) is 5.91 Å². The van der Waals surface area contributed by atoms with Crippen molar-refractivity contribution in [3.8, 4) is 5.69 Å². The van der Waals surface area contributed by atoms with E-state index in [1.165, 1.54) is 11.8 Å². The lowest BCUT2D eigenvalue weighted by Gasteiger charge is -2.14. The maximum absolute atomic E-state index is 12.8. The molecule has 0 aliphatic carbocycles. The first-order valence-electron chi connectivity index (χ1n) is 9.05. The van der Waals surface area contributed by atoms with Gasteiger partial charge in [-0.25, -0.2) is 0 Å². The molecule has 1 N–H and O–H groups in total. The molecule has 5 nitrogen and oxygen atoms in total. The fraction of sp³-hybridized carbons (Fsp3) is 0.136. The number of hydrogen-bond donors (Lipinski definition) is 1. The Labute approximate surface area is 167 Å². The minimum absolute atomic E-state index is 0.0688. The van der Waals surface area contributed by atoms with Crippen LogP contribution in [0.25, 0.3) is 16.5 Å². The van der Waals surface area contributed by atoms with Crippen molar-refractivity contribution < 1.29 is 4.79 Å². The zero-order chi connectivity index (χ0) is 19.5. The van der Waals surface area contributed by atoms with Crippen LogP contribution in [0, 0.1) is 6.92 Å². The van der Waals surface area contributed by atoms with Crippen LogP contribution in [0.15, 0.2) is 78.2 Å². The van der Waals surface area contributed by atoms with Gasteiger partial charge in [0, 0.05) is 11.1 Å². The Hall–Kier alpha value is -3.12. The van der Waals surface area contributed by atoms with Crippen LogP contribution in [-0.4, -0.2) is 25.9 Å². The summed E-state index contributed by atoms with van der Waals surface area (Å²) < 4.78 is 1.92. The van der Waals surface area contributed by atoms with E-state index in [1.54, 1.807) is 6.33 Å². The number of aryl methyl sites for hydroxylation is 1. The van der Waals surface area contributed by atoms with Gasteiger partial charge in [0.05, 0.1) is 10.9 Å². The number of benzene rings is 3. The van der Waals surface area contributed by atoms with Crippen LogP contribution in [0.2, 0.25) is 0 Å². The average molecular weight is 388 g/mol. The molecule has 1 aromatic heterocycles. The highest BCUT2D eigenvalue weighted by Crippen LogP contribution is 2.27. The number of carbonyl (C=O) groups excluding carboxylic acids is 1. The van der Waals surface area contributed by atoms with Crippen molar-refractivity contribution in [2.45, 2.75) is 24.3 Å². The summed E-state index contributed by atoms with van der Waals surface area (Å²) in [7, 11) is 0. The largest absolute Gasteiger partial charge is 0.325 e. The first-order chi connectivity index (χ1) is 13.6. The Bertz CT molecular complexity index is 1130. The molecule has 1 amide bonds. The Balaban J connectivity index is 1.53. The lowest BCUT2D eigenvalue weighted by Crippen LogP contribution is -2.23. The maximum Gasteiger partial charge on any atom is 0.237 e. The molecule has 0 bridgehead atoms. The Kier molecular flexibility index (Phi) is 5.12. The van der Waals surface area contributed by atoms with Gasteiger partial charge in [0.25, 0.3) is 0 Å². The molecule has 0 spiro atoms. The second-order valence-electron chi connectivity index (χ2n) is 6.55. The second-order valence-corrected chi connectivity index (χ2v) is 7.85. The number of hydrogen-bond acceptors (Lipinski definition) is 4. The predicted octanol–water partition coefficient (Wildman–Crippen LogP) is 4.85. The molecule has 0 radical (unpaired) electrons. The summed E-state index contributed by atoms with van der Waals surface area (Å²) in [6.07, 6.45) is 1.68. The first-order valence-corrected chi connectivity index (χ1v) is 9.93. The van der Waals surface area contributed by atoms with Crippen LogP contribution >= 0.6 is 11.8 Å². The number of rotatable bonds is 5. The van der Waals surface area contributed by atoms with Crippen LogP contribution in [0.1, 0.15) is 12.5 Å². The summed E-state index contributed by atoms with van der Waals surface area (Å²) in [6.45, 7) is 3.92. The van der Waals surface area contributed by atoms with Gasteiger partial charge < -0.3 is 5.32 Å². The van der Waals surface area contributed by atoms with Gasteiger partial charge in [-0.3, -0.25) is 9.36 Å². The van der Waals surface area contributed by atoms with Gasteiger partial charge >= 0.3 is 0 Å². The van der Waals surface area contributed by atoms with E-state index in [-0.39, 0.29) is 11.2 Å². The highest BCUT2D eigenvalue weighted by Gasteiger charge is 2.19. The van der Waals surface area contributed by atoms with E-state index >= 15 is 0 Å². The van der Waals surface area contributed by atoms with Gasteiger partial charge in [0.1, 0.15) is 6.33 Å². The third-order valence-corrected chi connectivity index (χ3v) is 5.65. The highest BCUT2D eigenvalue weighted by atomic mass is 32.2. The van der Waals surface area contributed by atoms with Gasteiger partial charge in [-0.05, 0) is 36.9 Å². The molecule has 0 fully saturated rings. The average Bonchev–Trinajstić information content (AvgIpc) is 3.16. The molecule has 0 saturated carbocycles. The highest BCUT2D eigenvalue weighted by molar-refractivity contribution is 8.00. The quantitative estimate of drug-likeness (QED) is 0.497. The minimum Gasteiger partial charge on any atom is -0.325 e. The molecule has 28 heavy (non-hydrogen) atoms. The summed E-state index contributed by atoms with van der Waals surface area (Å²) >= 11 is 1.39. The molecule has 4 rings (SSSR count). The number of nitrogens with zero attached hydrogens (tertiary/aromatic N) is 3. The molecule has 6 heteroatoms. The number of amides is 1. The molecule has 0 aliphatic heterocycles. The van der Waals surface area contributed by atoms with Gasteiger partial charge in [-0.15, -0.1) is 10.2 Å². The second kappa shape index (κ2) is 7.86. The number of aromatic nitrogens is 3. The third-order valence-electron chi connectivity index (χ3n) is 4.59. The molecule has 1 atom stereocenters. The van der Waals surface area contributed by atoms with Crippen LogP contribution in [0.3, 0.4) is 0 Å². The van der Waals surface area contributed by atoms with Crippen molar-refractivity contribution in [1.82, 2.24) is 14.8 Å². The number of nitrogens with one attached hydrogen (secondary N) is 1. The van der Waals surface area contributed by atoms with E-state index in [0.29, 0.717) is 5.16 Å². The Morgan fingerprint density at radius 2 is 1.79 bits per heavy atom. The van der Waals surface area contributed by atoms with Gasteiger partial charge in [0.15, 0.2) is 5.16 Å². The van der Waals surface area contributed by atoms with E-state index in [0.717, 1.165) is 27.7 Å². The summed E-state index contributed by atoms with van der Waals surface area (Å²) in [5.41, 5.74) is 2.95. The van der Waals surface area contributed by atoms with E-state index < -0.39 is 0 Å². The Morgan fingerprint density at radius 1 is 1.04 bits per heavy atom. The van der Waals surface area contributed by atoms with Crippen LogP contribution < -0.4 is 5.32 Å². The molecule has 4 aromatic rings. The van der Waals surface area contributed by atoms with Crippen molar-refractivity contribution in [3.05, 3.63) is 78.6 Å². The fourth-order valence-corrected chi connectivity index (χ4v) is 3.92. The van der Waals surface area contributed by atoms with Gasteiger partial charge in [-0.2, -0.15) is 0 Å². The fourth-order valence-electron chi connectivity index (χ4n) is 3.08. The summed E-state index contributed by atoms with van der Waals surface area (Å²) in [5, 5.41) is 13.8. The molecule has 1 heterocycles. The predicted molar refractivity (Wildman–Crippen MR) is 114 cm³/mol. The molecule has 0 unspecified atom stereocenters. The van der Waals surface area contributed by atoms with Crippen molar-refractivity contribution >= 4 is 34.1 Å². The number of thioether (sulfide) groups is 1. The van der Waals surface area contributed by atoms with Crippen LogP contribution in [0.5, 0.6) is 0 Å². The van der Waals surface area contributed by atoms with Crippen LogP contribution in [0.4, 0.5) is 5.69 Å². The summed E-state index contributed by atoms with van der Waals surface area (Å²) in [5.74, 6) is -0.0688. The number of fused-ring (bicyclic) bond motifs is 1. The molecule has 0 aliphatic rings. The van der Waals surface area contributed by atoms with Gasteiger partial charge in [-0.1, -0.05) is 66.4 Å². The first kappa shape index (κ1) is 18.3. The lowest BCUT2D eigenvalue weighted by molar-refractivity contribution is -0.115. The van der Waals surface area contributed by atoms with Crippen molar-refractivity contribution in [1.29, 1.82) is 0 Å². The van der Waals surface area contributed by atoms with Crippen molar-refractivity contribution in [2.75, 3.05) is 5.32 Å². The normalized spacial score (nSPS) is 12.1. The number of carbonyl (C=O) groups is 1. The topological polar surface area (TPSA) is 59.8 Å². The zero-order valence-electron chi connectivity index (χ0n) is 15.7. The van der Waals surface area contributed by atoms with Crippen molar-refractivity contribution in [2.24, 2.45) is 0 Å². The van der Waals surface area contributed by atoms with E-state index in [1.807, 2.05) is 85.1 Å². The number of anilines is 1. The van der Waals surface area contributed by atoms with E-state index in [9.17, 15) is 4.79 Å². The number of para-hydroxylation sites is 1. The van der Waals surface area contributed by atoms with E-state index in [2.05, 4.69) is 15.5 Å². The molecule has 0 saturated heterocycles. The van der Waals surface area contributed by atoms with E-state index in [4.69, 9.17) is 0 Å². The third kappa shape index (κ3) is 3.64. The van der Waals surface area contributed by atoms with Crippen LogP contribution in [-0.2, 0) is 4.79 Å². The Morgan fingerprint density at radius 3 is 2.64 bits per heavy atom. The molecular formula is C22H20N4OS. The molecular weight excluding hydrogens is 368 g/mol. The maximum atomic E-state index is 12.8. The zero-order valence-corrected chi connectivity index (χ0v) is 16.5. The molecule has 3 aromatic carbocycles. The molecule has 140 valence electrons. The SMILES string of the molecule is Cc1ccccc1-n1cnnc1S[C@H](C)C(=O)Nc1cccc2ccccc12. The van der Waals surface area contributed by atoms with Crippen molar-refractivity contribution in [3.63, 3.8) is 0 Å². The minimum atomic E-state index is -0.328. The summed E-state index contributed by atoms with van der Waals surface area (Å²) in [6, 6.07) is 22.0. The monoisotopic (exact) mass is 388 g/mol. The lowest BCUT2D eigenvalue weighted by atomic mass is 10.1. The smallest absolute Gasteiger partial charge is 0.237 e. The summed E-state index contributed by atoms with van der Waals surface area (Å²) in [4.78, 5) is 12.8.